The Morgan fingerprint density at radius 3 is 1.38 bits per heavy atom. The first-order valence-corrected chi connectivity index (χ1v) is 21.6. The molecule has 2 aromatic carbocycles. The number of carbonyl (C=O) groups is 4. The number of hydrogen-bond acceptors (Lipinski definition) is 12. The van der Waals surface area contributed by atoms with Crippen LogP contribution in [0.1, 0.15) is 64.5 Å². The van der Waals surface area contributed by atoms with Crippen LogP contribution in [-0.4, -0.2) is 108 Å². The topological polar surface area (TPSA) is 233 Å². The molecule has 0 radical (unpaired) electrons. The van der Waals surface area contributed by atoms with E-state index in [-0.39, 0.29) is 48.8 Å². The smallest absolute Gasteiger partial charge is 0.304 e. The van der Waals surface area contributed by atoms with E-state index in [1.807, 2.05) is 48.5 Å². The zero-order chi connectivity index (χ0) is 41.0. The van der Waals surface area contributed by atoms with Crippen LogP contribution in [0, 0.1) is 11.8 Å². The molecule has 1 aliphatic heterocycles. The van der Waals surface area contributed by atoms with Crippen LogP contribution < -0.4 is 43.4 Å². The van der Waals surface area contributed by atoms with Crippen LogP contribution in [-0.2, 0) is 32.3 Å². The number of primary amides is 2. The number of amides is 2. The van der Waals surface area contributed by atoms with Crippen molar-refractivity contribution in [1.29, 1.82) is 0 Å². The molecular formula is C40H64N8O6S2. The third kappa shape index (κ3) is 17.5. The first-order chi connectivity index (χ1) is 26.8. The van der Waals surface area contributed by atoms with Gasteiger partial charge >= 0.3 is 11.9 Å². The molecule has 0 fully saturated rings. The average molecular weight is 817 g/mol. The summed E-state index contributed by atoms with van der Waals surface area (Å²) in [7, 11) is 0. The summed E-state index contributed by atoms with van der Waals surface area (Å²) in [5.41, 5.74) is 13.7. The maximum absolute atomic E-state index is 12.6. The van der Waals surface area contributed by atoms with Gasteiger partial charge in [-0.05, 0) is 47.2 Å². The molecule has 12 N–H and O–H groups in total. The number of hydrogen-bond donors (Lipinski definition) is 10. The molecule has 2 aromatic rings. The van der Waals surface area contributed by atoms with Gasteiger partial charge in [0.15, 0.2) is 0 Å². The number of nitrogens with one attached hydrogen (secondary N) is 6. The number of nitrogens with two attached hydrogens (primary N) is 2. The Hall–Kier alpha value is -3.22. The van der Waals surface area contributed by atoms with E-state index in [4.69, 9.17) is 11.5 Å². The minimum atomic E-state index is -0.903. The van der Waals surface area contributed by atoms with Crippen molar-refractivity contribution in [1.82, 2.24) is 31.9 Å². The second-order valence-corrected chi connectivity index (χ2v) is 17.0. The predicted molar refractivity (Wildman–Crippen MR) is 225 cm³/mol. The fraction of sp³-hybridized carbons (Fsp3) is 0.600. The highest BCUT2D eigenvalue weighted by atomic mass is 32.2. The number of carboxylic acid groups (broad SMARTS) is 2. The lowest BCUT2D eigenvalue weighted by atomic mass is 9.98. The normalized spacial score (nSPS) is 25.4. The van der Waals surface area contributed by atoms with Gasteiger partial charge in [0.1, 0.15) is 0 Å². The van der Waals surface area contributed by atoms with Gasteiger partial charge in [-0.15, -0.1) is 23.5 Å². The molecule has 0 saturated carbocycles. The van der Waals surface area contributed by atoms with Crippen molar-refractivity contribution in [3.8, 4) is 0 Å². The van der Waals surface area contributed by atoms with Crippen LogP contribution in [0.4, 0.5) is 0 Å². The maximum atomic E-state index is 12.6. The van der Waals surface area contributed by atoms with Crippen LogP contribution in [0.2, 0.25) is 0 Å². The van der Waals surface area contributed by atoms with Crippen molar-refractivity contribution < 1.29 is 29.4 Å². The van der Waals surface area contributed by atoms with Gasteiger partial charge in [0, 0.05) is 84.7 Å². The molecule has 2 amide bonds. The number of fused-ring (bicyclic) bond motifs is 4. The van der Waals surface area contributed by atoms with E-state index < -0.39 is 35.8 Å². The minimum absolute atomic E-state index is 0.0496. The van der Waals surface area contributed by atoms with Crippen molar-refractivity contribution >= 4 is 47.3 Å². The Kier molecular flexibility index (Phi) is 21.2. The fourth-order valence-electron chi connectivity index (χ4n) is 6.36. The second kappa shape index (κ2) is 25.2. The molecule has 14 nitrogen and oxygen atoms in total. The van der Waals surface area contributed by atoms with E-state index in [9.17, 15) is 29.4 Å². The highest BCUT2D eigenvalue weighted by Crippen LogP contribution is 2.22. The Labute approximate surface area is 340 Å². The van der Waals surface area contributed by atoms with Gasteiger partial charge in [0.05, 0.1) is 24.9 Å². The first kappa shape index (κ1) is 47.2. The molecule has 8 atom stereocenters. The number of rotatable bonds is 10. The number of carbonyl (C=O) groups excluding carboxylic acids is 2. The standard InChI is InChI=1S/C40H64N8O6S2/c1-5-25(3)33-21-47-35(39(41)53)23-55-31-11-8-10-28(14-31)18-44-30(16-38(51)52)20-46-34(26(4)6-2)22-48-36(40(42)54)24-56-32-12-7-9-27(13-32)17-43-29(19-45-33)15-37(49)50/h7-14,25-26,29-30,33-36,43-48H,5-6,15-24H2,1-4H3,(H2,41,53)(H2,42,54)(H,49,50)(H,51,52)/t25?,26?,29-,30-,33+,34+,35-,36-/m0/s1. The number of thioether (sulfide) groups is 2. The van der Waals surface area contributed by atoms with E-state index in [1.165, 1.54) is 23.5 Å². The van der Waals surface area contributed by atoms with Crippen molar-refractivity contribution in [2.75, 3.05) is 37.7 Å². The molecule has 3 rings (SSSR count). The van der Waals surface area contributed by atoms with Gasteiger partial charge in [-0.25, -0.2) is 0 Å². The van der Waals surface area contributed by atoms with E-state index >= 15 is 0 Å². The summed E-state index contributed by atoms with van der Waals surface area (Å²) in [6, 6.07) is 13.8. The van der Waals surface area contributed by atoms with Crippen LogP contribution in [0.5, 0.6) is 0 Å². The lowest BCUT2D eigenvalue weighted by Gasteiger charge is -2.29. The summed E-state index contributed by atoms with van der Waals surface area (Å²) < 4.78 is 0. The fourth-order valence-corrected chi connectivity index (χ4v) is 8.46. The molecule has 0 spiro atoms. The minimum Gasteiger partial charge on any atom is -0.481 e. The van der Waals surface area contributed by atoms with E-state index in [0.717, 1.165) is 33.8 Å². The van der Waals surface area contributed by atoms with Crippen LogP contribution >= 0.6 is 23.5 Å². The molecule has 4 bridgehead atoms. The van der Waals surface area contributed by atoms with Crippen molar-refractivity contribution in [3.63, 3.8) is 0 Å². The molecule has 0 aromatic heterocycles. The summed E-state index contributed by atoms with van der Waals surface area (Å²) >= 11 is 3.02. The van der Waals surface area contributed by atoms with Gasteiger partial charge < -0.3 is 53.6 Å². The highest BCUT2D eigenvalue weighted by molar-refractivity contribution is 7.99. The average Bonchev–Trinajstić information content (AvgIpc) is 3.16. The molecular weight excluding hydrogens is 753 g/mol. The Bertz CT molecular complexity index is 1430. The molecule has 1 aliphatic rings. The first-order valence-electron chi connectivity index (χ1n) is 19.6. The van der Waals surface area contributed by atoms with Crippen molar-refractivity contribution in [3.05, 3.63) is 59.7 Å². The zero-order valence-electron chi connectivity index (χ0n) is 33.2. The Morgan fingerprint density at radius 2 is 1.04 bits per heavy atom. The molecule has 0 aliphatic carbocycles. The van der Waals surface area contributed by atoms with E-state index in [1.54, 1.807) is 0 Å². The maximum Gasteiger partial charge on any atom is 0.304 e. The second-order valence-electron chi connectivity index (χ2n) is 14.8. The SMILES string of the molecule is CCC(C)[C@H]1CN[C@H](C(N)=O)CSc2cccc(c2)CN[C@@H](CC(=O)O)CN[C@@H](C(C)CC)CN[C@H](C(N)=O)CSc2cccc(c2)CN[C@@H](CC(=O)O)CN1. The van der Waals surface area contributed by atoms with Crippen molar-refractivity contribution in [2.24, 2.45) is 23.3 Å². The third-order valence-electron chi connectivity index (χ3n) is 10.4. The van der Waals surface area contributed by atoms with Crippen LogP contribution in [0.15, 0.2) is 58.3 Å². The largest absolute Gasteiger partial charge is 0.481 e. The predicted octanol–water partition coefficient (Wildman–Crippen LogP) is 2.35. The number of carboxylic acids is 2. The number of benzene rings is 2. The molecule has 16 heteroatoms. The molecule has 0 saturated heterocycles. The van der Waals surface area contributed by atoms with Gasteiger partial charge in [-0.3, -0.25) is 19.2 Å². The van der Waals surface area contributed by atoms with E-state index in [0.29, 0.717) is 50.8 Å². The highest BCUT2D eigenvalue weighted by Gasteiger charge is 2.25. The quantitative estimate of drug-likeness (QED) is 0.166. The summed E-state index contributed by atoms with van der Waals surface area (Å²) in [5.74, 6) is -1.44. The molecule has 1 heterocycles. The third-order valence-corrected chi connectivity index (χ3v) is 12.6. The van der Waals surface area contributed by atoms with Crippen LogP contribution in [0.25, 0.3) is 0 Å². The summed E-state index contributed by atoms with van der Waals surface area (Å²) in [4.78, 5) is 50.8. The van der Waals surface area contributed by atoms with E-state index in [2.05, 4.69) is 59.6 Å². The molecule has 2 unspecified atom stereocenters. The van der Waals surface area contributed by atoms with Crippen molar-refractivity contribution in [2.45, 2.75) is 113 Å². The van der Waals surface area contributed by atoms with Gasteiger partial charge in [0.25, 0.3) is 0 Å². The Morgan fingerprint density at radius 1 is 0.643 bits per heavy atom. The lowest BCUT2D eigenvalue weighted by Crippen LogP contribution is -2.53. The van der Waals surface area contributed by atoms with Gasteiger partial charge in [-0.2, -0.15) is 0 Å². The Balaban J connectivity index is 1.88. The summed E-state index contributed by atoms with van der Waals surface area (Å²) in [6.45, 7) is 11.1. The van der Waals surface area contributed by atoms with Gasteiger partial charge in [-0.1, -0.05) is 64.8 Å². The van der Waals surface area contributed by atoms with Crippen LogP contribution in [0.3, 0.4) is 0 Å². The summed E-state index contributed by atoms with van der Waals surface area (Å²) in [6.07, 6.45) is 1.61. The monoisotopic (exact) mass is 816 g/mol. The molecule has 312 valence electrons. The van der Waals surface area contributed by atoms with Gasteiger partial charge in [0.2, 0.25) is 11.8 Å². The molecule has 56 heavy (non-hydrogen) atoms. The lowest BCUT2D eigenvalue weighted by molar-refractivity contribution is -0.138. The number of aliphatic carboxylic acids is 2. The summed E-state index contributed by atoms with van der Waals surface area (Å²) in [5, 5.41) is 40.1. The zero-order valence-corrected chi connectivity index (χ0v) is 34.9.